The van der Waals surface area contributed by atoms with Gasteiger partial charge in [0, 0.05) is 37.4 Å². The van der Waals surface area contributed by atoms with Crippen LogP contribution in [0, 0.1) is 0 Å². The van der Waals surface area contributed by atoms with Crippen LogP contribution >= 0.6 is 0 Å². The minimum atomic E-state index is -0.274. The van der Waals surface area contributed by atoms with Crippen LogP contribution in [0.15, 0.2) is 12.4 Å². The summed E-state index contributed by atoms with van der Waals surface area (Å²) in [6, 6.07) is 0.404. The van der Waals surface area contributed by atoms with Gasteiger partial charge in [0.05, 0.1) is 6.54 Å². The summed E-state index contributed by atoms with van der Waals surface area (Å²) in [5.41, 5.74) is 6.18. The van der Waals surface area contributed by atoms with Gasteiger partial charge < -0.3 is 15.2 Å². The highest BCUT2D eigenvalue weighted by Gasteiger charge is 2.37. The number of hydrogen-bond acceptors (Lipinski definition) is 3. The van der Waals surface area contributed by atoms with Crippen LogP contribution in [0.5, 0.6) is 0 Å². The molecule has 0 atom stereocenters. The second kappa shape index (κ2) is 5.79. The predicted octanol–water partition coefficient (Wildman–Crippen LogP) is 1.96. The molecule has 2 saturated carbocycles. The molecule has 0 spiro atoms. The van der Waals surface area contributed by atoms with E-state index in [0.29, 0.717) is 19.0 Å². The molecule has 1 amide bonds. The molecule has 2 fully saturated rings. The molecule has 116 valence electrons. The third-order valence-electron chi connectivity index (χ3n) is 4.89. The topological polar surface area (TPSA) is 64.2 Å². The monoisotopic (exact) mass is 290 g/mol. The second-order valence-electron chi connectivity index (χ2n) is 6.81. The molecule has 1 heterocycles. The predicted molar refractivity (Wildman–Crippen MR) is 81.4 cm³/mol. The summed E-state index contributed by atoms with van der Waals surface area (Å²) in [7, 11) is 1.98. The molecular weight excluding hydrogens is 264 g/mol. The van der Waals surface area contributed by atoms with Crippen molar-refractivity contribution in [3.63, 3.8) is 0 Å². The van der Waals surface area contributed by atoms with Gasteiger partial charge in [0.15, 0.2) is 0 Å². The van der Waals surface area contributed by atoms with Gasteiger partial charge in [0.2, 0.25) is 5.91 Å². The Balaban J connectivity index is 1.66. The molecule has 0 bridgehead atoms. The first-order chi connectivity index (χ1) is 10.1. The van der Waals surface area contributed by atoms with Crippen molar-refractivity contribution in [1.82, 2.24) is 14.5 Å². The van der Waals surface area contributed by atoms with Crippen molar-refractivity contribution in [2.24, 2.45) is 12.8 Å². The number of hydrogen-bond donors (Lipinski definition) is 1. The van der Waals surface area contributed by atoms with Crippen molar-refractivity contribution < 1.29 is 4.79 Å². The third kappa shape index (κ3) is 3.46. The average Bonchev–Trinajstić information content (AvgIpc) is 3.20. The molecule has 3 rings (SSSR count). The number of aryl methyl sites for hydroxylation is 1. The van der Waals surface area contributed by atoms with Crippen LogP contribution in [0.3, 0.4) is 0 Å². The van der Waals surface area contributed by atoms with Crippen molar-refractivity contribution in [2.45, 2.75) is 69.5 Å². The van der Waals surface area contributed by atoms with Crippen molar-refractivity contribution in [2.75, 3.05) is 0 Å². The smallest absolute Gasteiger partial charge is 0.225 e. The molecule has 5 heteroatoms. The number of amides is 1. The van der Waals surface area contributed by atoms with E-state index < -0.39 is 0 Å². The lowest BCUT2D eigenvalue weighted by molar-refractivity contribution is -0.134. The highest BCUT2D eigenvalue weighted by molar-refractivity contribution is 5.78. The quantitative estimate of drug-likeness (QED) is 0.901. The van der Waals surface area contributed by atoms with Crippen molar-refractivity contribution >= 4 is 5.91 Å². The third-order valence-corrected chi connectivity index (χ3v) is 4.89. The minimum absolute atomic E-state index is 0.213. The van der Waals surface area contributed by atoms with Gasteiger partial charge >= 0.3 is 0 Å². The molecule has 0 unspecified atom stereocenters. The first-order valence-electron chi connectivity index (χ1n) is 8.12. The lowest BCUT2D eigenvalue weighted by Crippen LogP contribution is -2.47. The molecule has 0 aromatic carbocycles. The molecule has 2 aliphatic rings. The van der Waals surface area contributed by atoms with E-state index in [0.717, 1.165) is 44.3 Å². The summed E-state index contributed by atoms with van der Waals surface area (Å²) >= 11 is 0. The Morgan fingerprint density at radius 1 is 1.43 bits per heavy atom. The van der Waals surface area contributed by atoms with E-state index in [1.54, 1.807) is 6.20 Å². The summed E-state index contributed by atoms with van der Waals surface area (Å²) in [4.78, 5) is 19.1. The van der Waals surface area contributed by atoms with Gasteiger partial charge in [0.25, 0.3) is 0 Å². The van der Waals surface area contributed by atoms with Gasteiger partial charge in [-0.2, -0.15) is 0 Å². The fourth-order valence-corrected chi connectivity index (χ4v) is 3.34. The number of carbonyl (C=O) groups is 1. The maximum atomic E-state index is 12.7. The standard InChI is InChI=1S/C16H26N4O/c1-19-10-9-18-14(19)12-20(13-5-6-13)15(21)11-16(17)7-3-2-4-8-16/h9-10,13H,2-8,11-12,17H2,1H3. The Morgan fingerprint density at radius 2 is 2.14 bits per heavy atom. The van der Waals surface area contributed by atoms with Gasteiger partial charge in [-0.15, -0.1) is 0 Å². The van der Waals surface area contributed by atoms with Gasteiger partial charge in [0.1, 0.15) is 5.82 Å². The maximum Gasteiger partial charge on any atom is 0.225 e. The lowest BCUT2D eigenvalue weighted by Gasteiger charge is -2.35. The first-order valence-corrected chi connectivity index (χ1v) is 8.12. The van der Waals surface area contributed by atoms with Crippen LogP contribution in [0.25, 0.3) is 0 Å². The van der Waals surface area contributed by atoms with Crippen LogP contribution in [-0.4, -0.2) is 31.9 Å². The molecule has 1 aromatic heterocycles. The number of carbonyl (C=O) groups excluding carboxylic acids is 1. The van der Waals surface area contributed by atoms with E-state index in [2.05, 4.69) is 4.98 Å². The molecule has 2 N–H and O–H groups in total. The van der Waals surface area contributed by atoms with Gasteiger partial charge in [-0.25, -0.2) is 4.98 Å². The zero-order chi connectivity index (χ0) is 14.9. The Bertz CT molecular complexity index is 500. The minimum Gasteiger partial charge on any atom is -0.337 e. The van der Waals surface area contributed by atoms with E-state index in [1.165, 1.54) is 6.42 Å². The van der Waals surface area contributed by atoms with Crippen LogP contribution in [0.2, 0.25) is 0 Å². The van der Waals surface area contributed by atoms with Crippen LogP contribution in [0.1, 0.15) is 57.2 Å². The van der Waals surface area contributed by atoms with E-state index in [-0.39, 0.29) is 11.4 Å². The fourth-order valence-electron chi connectivity index (χ4n) is 3.34. The Kier molecular flexibility index (Phi) is 4.02. The largest absolute Gasteiger partial charge is 0.337 e. The summed E-state index contributed by atoms with van der Waals surface area (Å²) in [6.07, 6.45) is 12.0. The summed E-state index contributed by atoms with van der Waals surface area (Å²) in [5.74, 6) is 1.16. The maximum absolute atomic E-state index is 12.7. The fraction of sp³-hybridized carbons (Fsp3) is 0.750. The van der Waals surface area contributed by atoms with E-state index in [1.807, 2.05) is 22.7 Å². The summed E-state index contributed by atoms with van der Waals surface area (Å²) in [6.45, 7) is 0.614. The van der Waals surface area contributed by atoms with Gasteiger partial charge in [-0.3, -0.25) is 4.79 Å². The molecule has 2 aliphatic carbocycles. The highest BCUT2D eigenvalue weighted by atomic mass is 16.2. The number of aromatic nitrogens is 2. The molecule has 5 nitrogen and oxygen atoms in total. The molecule has 0 aliphatic heterocycles. The van der Waals surface area contributed by atoms with Crippen molar-refractivity contribution in [3.8, 4) is 0 Å². The molecular formula is C16H26N4O. The van der Waals surface area contributed by atoms with E-state index >= 15 is 0 Å². The lowest BCUT2D eigenvalue weighted by atomic mass is 9.80. The number of nitrogens with two attached hydrogens (primary N) is 1. The van der Waals surface area contributed by atoms with Crippen LogP contribution in [-0.2, 0) is 18.4 Å². The molecule has 0 radical (unpaired) electrons. The number of nitrogens with zero attached hydrogens (tertiary/aromatic N) is 3. The second-order valence-corrected chi connectivity index (χ2v) is 6.81. The summed E-state index contributed by atoms with van der Waals surface area (Å²) in [5, 5.41) is 0. The first kappa shape index (κ1) is 14.6. The molecule has 0 saturated heterocycles. The zero-order valence-electron chi connectivity index (χ0n) is 12.9. The van der Waals surface area contributed by atoms with Gasteiger partial charge in [-0.05, 0) is 25.7 Å². The number of imidazole rings is 1. The van der Waals surface area contributed by atoms with E-state index in [4.69, 9.17) is 5.73 Å². The van der Waals surface area contributed by atoms with Crippen molar-refractivity contribution in [3.05, 3.63) is 18.2 Å². The average molecular weight is 290 g/mol. The van der Waals surface area contributed by atoms with Crippen LogP contribution in [0.4, 0.5) is 0 Å². The summed E-state index contributed by atoms with van der Waals surface area (Å²) < 4.78 is 1.99. The van der Waals surface area contributed by atoms with Crippen molar-refractivity contribution in [1.29, 1.82) is 0 Å². The Hall–Kier alpha value is -1.36. The Labute approximate surface area is 126 Å². The Morgan fingerprint density at radius 3 is 2.71 bits per heavy atom. The molecule has 1 aromatic rings. The zero-order valence-corrected chi connectivity index (χ0v) is 12.9. The SMILES string of the molecule is Cn1ccnc1CN(C(=O)CC1(N)CCCCC1)C1CC1. The molecule has 21 heavy (non-hydrogen) atoms. The van der Waals surface area contributed by atoms with Gasteiger partial charge in [-0.1, -0.05) is 19.3 Å². The van der Waals surface area contributed by atoms with Crippen LogP contribution < -0.4 is 5.73 Å². The highest BCUT2D eigenvalue weighted by Crippen LogP contribution is 2.33. The number of rotatable bonds is 5. The normalized spacial score (nSPS) is 21.2. The van der Waals surface area contributed by atoms with E-state index in [9.17, 15) is 4.79 Å².